The molecule has 3 rings (SSSR count). The third-order valence-corrected chi connectivity index (χ3v) is 6.27. The zero-order chi connectivity index (χ0) is 20.3. The molecule has 0 unspecified atom stereocenters. The average Bonchev–Trinajstić information content (AvgIpc) is 2.72. The molecule has 7 nitrogen and oxygen atoms in total. The Morgan fingerprint density at radius 1 is 0.857 bits per heavy atom. The predicted molar refractivity (Wildman–Crippen MR) is 106 cm³/mol. The van der Waals surface area contributed by atoms with Gasteiger partial charge in [-0.3, -0.25) is 4.99 Å². The van der Waals surface area contributed by atoms with E-state index in [0.717, 1.165) is 17.5 Å². The van der Waals surface area contributed by atoms with Crippen LogP contribution in [0, 0.1) is 0 Å². The zero-order valence-corrected chi connectivity index (χ0v) is 17.1. The van der Waals surface area contributed by atoms with Gasteiger partial charge in [-0.15, -0.1) is 0 Å². The number of methoxy groups -OCH3 is 4. The Hall–Kier alpha value is -2.74. The van der Waals surface area contributed by atoms with Crippen molar-refractivity contribution in [3.63, 3.8) is 0 Å². The van der Waals surface area contributed by atoms with Crippen LogP contribution in [-0.2, 0) is 16.3 Å². The summed E-state index contributed by atoms with van der Waals surface area (Å²) in [6, 6.07) is 8.22. The molecule has 0 spiro atoms. The fraction of sp³-hybridized carbons (Fsp3) is 0.350. The van der Waals surface area contributed by atoms with Crippen molar-refractivity contribution >= 4 is 15.5 Å². The van der Waals surface area contributed by atoms with Crippen LogP contribution in [0.2, 0.25) is 0 Å². The third-order valence-electron chi connectivity index (χ3n) is 4.64. The highest BCUT2D eigenvalue weighted by Crippen LogP contribution is 2.34. The number of rotatable bonds is 7. The summed E-state index contributed by atoms with van der Waals surface area (Å²) in [6.07, 6.45) is 0.718. The van der Waals surface area contributed by atoms with Crippen LogP contribution in [0.15, 0.2) is 40.2 Å². The number of hydrogen-bond acceptors (Lipinski definition) is 7. The molecule has 8 heteroatoms. The number of sulfone groups is 1. The lowest BCUT2D eigenvalue weighted by Crippen LogP contribution is -2.22. The molecule has 1 aliphatic rings. The van der Waals surface area contributed by atoms with Gasteiger partial charge in [-0.2, -0.15) is 0 Å². The lowest BCUT2D eigenvalue weighted by Gasteiger charge is -2.20. The predicted octanol–water partition coefficient (Wildman–Crippen LogP) is 2.54. The molecule has 150 valence electrons. The number of benzene rings is 2. The minimum Gasteiger partial charge on any atom is -0.493 e. The first-order valence-electron chi connectivity index (χ1n) is 8.67. The maximum absolute atomic E-state index is 13.0. The van der Waals surface area contributed by atoms with E-state index in [1.807, 2.05) is 6.07 Å². The molecule has 1 heterocycles. The highest BCUT2D eigenvalue weighted by atomic mass is 32.2. The van der Waals surface area contributed by atoms with E-state index in [1.54, 1.807) is 26.4 Å². The van der Waals surface area contributed by atoms with Crippen molar-refractivity contribution in [3.05, 3.63) is 41.5 Å². The van der Waals surface area contributed by atoms with E-state index < -0.39 is 9.84 Å². The van der Waals surface area contributed by atoms with Crippen molar-refractivity contribution in [1.82, 2.24) is 0 Å². The van der Waals surface area contributed by atoms with Gasteiger partial charge in [0.15, 0.2) is 32.8 Å². The van der Waals surface area contributed by atoms with E-state index in [1.165, 1.54) is 26.4 Å². The number of aliphatic imine (C=N–C) groups is 1. The summed E-state index contributed by atoms with van der Waals surface area (Å²) < 4.78 is 47.2. The molecule has 0 aromatic heterocycles. The lowest BCUT2D eigenvalue weighted by molar-refractivity contribution is 0.354. The molecule has 0 saturated carbocycles. The largest absolute Gasteiger partial charge is 0.493 e. The van der Waals surface area contributed by atoms with Gasteiger partial charge in [0.05, 0.1) is 44.8 Å². The molecule has 0 amide bonds. The summed E-state index contributed by atoms with van der Waals surface area (Å²) in [5, 5.41) is 0. The fourth-order valence-corrected chi connectivity index (χ4v) is 4.53. The molecule has 1 aliphatic heterocycles. The van der Waals surface area contributed by atoms with Gasteiger partial charge >= 0.3 is 0 Å². The van der Waals surface area contributed by atoms with Gasteiger partial charge in [-0.25, -0.2) is 8.42 Å². The van der Waals surface area contributed by atoms with Crippen LogP contribution in [0.1, 0.15) is 11.1 Å². The molecule has 0 bridgehead atoms. The van der Waals surface area contributed by atoms with Crippen LogP contribution >= 0.6 is 0 Å². The molecule has 0 radical (unpaired) electrons. The molecule has 0 atom stereocenters. The van der Waals surface area contributed by atoms with Gasteiger partial charge in [0.25, 0.3) is 0 Å². The van der Waals surface area contributed by atoms with Gasteiger partial charge < -0.3 is 18.9 Å². The van der Waals surface area contributed by atoms with Crippen molar-refractivity contribution in [2.75, 3.05) is 40.7 Å². The first-order chi connectivity index (χ1) is 13.4. The Balaban J connectivity index is 1.97. The quantitative estimate of drug-likeness (QED) is 0.704. The summed E-state index contributed by atoms with van der Waals surface area (Å²) in [7, 11) is 2.45. The van der Waals surface area contributed by atoms with E-state index in [0.29, 0.717) is 35.3 Å². The van der Waals surface area contributed by atoms with Gasteiger partial charge in [0.1, 0.15) is 0 Å². The van der Waals surface area contributed by atoms with E-state index in [-0.39, 0.29) is 10.6 Å². The van der Waals surface area contributed by atoms with Crippen molar-refractivity contribution < 1.29 is 27.4 Å². The Kier molecular flexibility index (Phi) is 5.79. The third kappa shape index (κ3) is 3.77. The highest BCUT2D eigenvalue weighted by Gasteiger charge is 2.25. The van der Waals surface area contributed by atoms with Crippen LogP contribution in [0.25, 0.3) is 0 Å². The highest BCUT2D eigenvalue weighted by molar-refractivity contribution is 7.92. The van der Waals surface area contributed by atoms with Crippen LogP contribution in [0.5, 0.6) is 23.0 Å². The van der Waals surface area contributed by atoms with Crippen LogP contribution in [0.4, 0.5) is 0 Å². The van der Waals surface area contributed by atoms with Gasteiger partial charge in [0, 0.05) is 18.2 Å². The minimum absolute atomic E-state index is 0.153. The summed E-state index contributed by atoms with van der Waals surface area (Å²) >= 11 is 0. The van der Waals surface area contributed by atoms with Crippen LogP contribution in [-0.4, -0.2) is 54.9 Å². The molecule has 28 heavy (non-hydrogen) atoms. The Morgan fingerprint density at radius 2 is 1.46 bits per heavy atom. The van der Waals surface area contributed by atoms with Crippen molar-refractivity contribution in [2.24, 2.45) is 4.99 Å². The van der Waals surface area contributed by atoms with Gasteiger partial charge in [0.2, 0.25) is 0 Å². The maximum atomic E-state index is 13.0. The molecular weight excluding hydrogens is 382 g/mol. The molecule has 2 aromatic rings. The zero-order valence-electron chi connectivity index (χ0n) is 16.3. The maximum Gasteiger partial charge on any atom is 0.184 e. The second-order valence-electron chi connectivity index (χ2n) is 6.22. The van der Waals surface area contributed by atoms with Crippen molar-refractivity contribution in [2.45, 2.75) is 11.3 Å². The van der Waals surface area contributed by atoms with E-state index >= 15 is 0 Å². The number of nitrogens with zero attached hydrogens (tertiary/aromatic N) is 1. The fourth-order valence-electron chi connectivity index (χ4n) is 3.19. The Labute approximate surface area is 164 Å². The summed E-state index contributed by atoms with van der Waals surface area (Å²) in [6.45, 7) is 0.527. The van der Waals surface area contributed by atoms with Gasteiger partial charge in [-0.1, -0.05) is 0 Å². The lowest BCUT2D eigenvalue weighted by atomic mass is 9.97. The van der Waals surface area contributed by atoms with Crippen LogP contribution in [0.3, 0.4) is 0 Å². The summed E-state index contributed by atoms with van der Waals surface area (Å²) in [4.78, 5) is 4.63. The van der Waals surface area contributed by atoms with Gasteiger partial charge in [-0.05, 0) is 36.2 Å². The van der Waals surface area contributed by atoms with Crippen LogP contribution < -0.4 is 18.9 Å². The molecule has 0 N–H and O–H groups in total. The topological polar surface area (TPSA) is 83.4 Å². The SMILES string of the molecule is COc1ccc(S(=O)(=O)CC2=NCCc3cc(OC)c(OC)cc32)cc1OC. The Bertz CT molecular complexity index is 1010. The van der Waals surface area contributed by atoms with E-state index in [2.05, 4.69) is 4.99 Å². The van der Waals surface area contributed by atoms with E-state index in [9.17, 15) is 8.42 Å². The first-order valence-corrected chi connectivity index (χ1v) is 10.3. The molecular formula is C20H23NO6S. The number of hydrogen-bond donors (Lipinski definition) is 0. The second kappa shape index (κ2) is 8.10. The normalized spacial score (nSPS) is 13.4. The van der Waals surface area contributed by atoms with Crippen molar-refractivity contribution in [1.29, 1.82) is 0 Å². The monoisotopic (exact) mass is 405 g/mol. The minimum atomic E-state index is -3.63. The molecule has 0 saturated heterocycles. The number of fused-ring (bicyclic) bond motifs is 1. The van der Waals surface area contributed by atoms with Crippen molar-refractivity contribution in [3.8, 4) is 23.0 Å². The molecule has 0 fully saturated rings. The summed E-state index contributed by atoms with van der Waals surface area (Å²) in [5.41, 5.74) is 2.27. The Morgan fingerprint density at radius 3 is 2.11 bits per heavy atom. The number of ether oxygens (including phenoxy) is 4. The second-order valence-corrected chi connectivity index (χ2v) is 8.21. The molecule has 2 aromatic carbocycles. The summed E-state index contributed by atoms with van der Waals surface area (Å²) in [5.74, 6) is 1.77. The molecule has 0 aliphatic carbocycles. The smallest absolute Gasteiger partial charge is 0.184 e. The first kappa shape index (κ1) is 20.0. The van der Waals surface area contributed by atoms with E-state index in [4.69, 9.17) is 18.9 Å². The standard InChI is InChI=1S/C20H23NO6S/c1-24-17-6-5-14(10-19(17)26-3)28(22,23)12-16-15-11-20(27-4)18(25-2)9-13(15)7-8-21-16/h5-6,9-11H,7-8,12H2,1-4H3. The average molecular weight is 405 g/mol.